The zero-order chi connectivity index (χ0) is 67.5. The molecule has 3 heterocycles. The molecule has 3 aliphatic rings. The Hall–Kier alpha value is -1.21. The molecule has 17 unspecified atom stereocenters. The Kier molecular flexibility index (Phi) is 52.3. The highest BCUT2D eigenvalue weighted by atomic mass is 16.8. The molecule has 19 nitrogen and oxygen atoms in total. The quantitative estimate of drug-likeness (QED) is 0.0252. The van der Waals surface area contributed by atoms with Gasteiger partial charge < -0.3 is 89.9 Å². The van der Waals surface area contributed by atoms with Crippen molar-refractivity contribution in [3.8, 4) is 0 Å². The van der Waals surface area contributed by atoms with Gasteiger partial charge in [0.15, 0.2) is 18.9 Å². The zero-order valence-electron chi connectivity index (χ0n) is 58.8. The summed E-state index contributed by atoms with van der Waals surface area (Å²) in [6.07, 6.45) is 36.2. The summed E-state index contributed by atoms with van der Waals surface area (Å²) >= 11 is 0. The molecule has 19 heteroatoms. The number of aliphatic hydroxyl groups is 11. The van der Waals surface area contributed by atoms with Crippen LogP contribution in [0.2, 0.25) is 0 Å². The van der Waals surface area contributed by atoms with Gasteiger partial charge in [-0.25, -0.2) is 0 Å². The third-order valence-corrected chi connectivity index (χ3v) is 19.9. The molecule has 12 N–H and O–H groups in total. The van der Waals surface area contributed by atoms with Crippen molar-refractivity contribution in [3.63, 3.8) is 0 Å². The number of nitrogens with one attached hydrogen (secondary N) is 1. The summed E-state index contributed by atoms with van der Waals surface area (Å²) in [5, 5.41) is 121. The fraction of sp³-hybridized carbons (Fsp3) is 0.986. The Balaban J connectivity index is 1.36. The molecule has 0 spiro atoms. The number of hydrogen-bond donors (Lipinski definition) is 12. The first kappa shape index (κ1) is 86.0. The van der Waals surface area contributed by atoms with Gasteiger partial charge in [0.25, 0.3) is 0 Å². The van der Waals surface area contributed by atoms with E-state index in [1.807, 2.05) is 0 Å². The molecule has 0 aromatic heterocycles. The van der Waals surface area contributed by atoms with Crippen molar-refractivity contribution in [1.29, 1.82) is 0 Å². The van der Waals surface area contributed by atoms with Gasteiger partial charge >= 0.3 is 0 Å². The molecule has 0 aliphatic carbocycles. The van der Waals surface area contributed by atoms with Gasteiger partial charge in [0.05, 0.1) is 38.6 Å². The number of ether oxygens (including phenoxy) is 6. The van der Waals surface area contributed by atoms with Crippen LogP contribution in [0.15, 0.2) is 0 Å². The second-order valence-electron chi connectivity index (χ2n) is 28.2. The average molecular weight is 1330 g/mol. The van der Waals surface area contributed by atoms with Crippen molar-refractivity contribution in [2.45, 2.75) is 439 Å². The first-order valence-corrected chi connectivity index (χ1v) is 38.8. The topological polar surface area (TPSA) is 307 Å². The first-order valence-electron chi connectivity index (χ1n) is 38.8. The number of amides is 1. The predicted octanol–water partition coefficient (Wildman–Crippen LogP) is 11.8. The van der Waals surface area contributed by atoms with Crippen molar-refractivity contribution in [1.82, 2.24) is 5.32 Å². The van der Waals surface area contributed by atoms with Crippen molar-refractivity contribution in [2.75, 3.05) is 26.4 Å². The van der Waals surface area contributed by atoms with Crippen LogP contribution in [-0.2, 0) is 33.2 Å². The number of carbonyl (C=O) groups is 1. The van der Waals surface area contributed by atoms with E-state index < -0.39 is 124 Å². The summed E-state index contributed by atoms with van der Waals surface area (Å²) in [6, 6.07) is -0.882. The molecular weight excluding hydrogens is 1190 g/mol. The number of aliphatic hydroxyl groups excluding tert-OH is 11. The SMILES string of the molecule is CCCCCCCCCCCCCCCCCCCCCCCCCCCCCCCCC(=O)NC(COC1OC(CO)C(OC2OC(CO)C(OC3OC(CO)C(O)C(O)C3O)C(O)C2O)C(O)C1O)C(O)CCCCCCCCCCCCCCCCCCCC. The summed E-state index contributed by atoms with van der Waals surface area (Å²) in [5.41, 5.74) is 0. The highest BCUT2D eigenvalue weighted by Gasteiger charge is 2.54. The van der Waals surface area contributed by atoms with E-state index >= 15 is 0 Å². The van der Waals surface area contributed by atoms with Crippen LogP contribution in [0.3, 0.4) is 0 Å². The van der Waals surface area contributed by atoms with Gasteiger partial charge in [0.1, 0.15) is 73.2 Å². The second kappa shape index (κ2) is 56.5. The highest BCUT2D eigenvalue weighted by molar-refractivity contribution is 5.76. The Morgan fingerprint density at radius 2 is 0.613 bits per heavy atom. The maximum absolute atomic E-state index is 13.5. The van der Waals surface area contributed by atoms with E-state index in [4.69, 9.17) is 28.4 Å². The van der Waals surface area contributed by atoms with E-state index in [-0.39, 0.29) is 18.9 Å². The molecule has 1 amide bonds. The predicted molar refractivity (Wildman–Crippen MR) is 365 cm³/mol. The highest BCUT2D eigenvalue weighted by Crippen LogP contribution is 2.33. The summed E-state index contributed by atoms with van der Waals surface area (Å²) in [4.78, 5) is 13.5. The zero-order valence-corrected chi connectivity index (χ0v) is 58.8. The number of unbranched alkanes of at least 4 members (excludes halogenated alkanes) is 46. The van der Waals surface area contributed by atoms with E-state index in [1.165, 1.54) is 257 Å². The smallest absolute Gasteiger partial charge is 0.220 e. The monoisotopic (exact) mass is 1330 g/mol. The third-order valence-electron chi connectivity index (χ3n) is 19.9. The molecule has 552 valence electrons. The first-order chi connectivity index (χ1) is 45.3. The van der Waals surface area contributed by atoms with Crippen molar-refractivity contribution < 1.29 is 89.4 Å². The molecule has 0 bridgehead atoms. The van der Waals surface area contributed by atoms with Gasteiger partial charge in [0, 0.05) is 6.42 Å². The molecule has 3 fully saturated rings. The Labute approximate surface area is 563 Å². The molecule has 17 atom stereocenters. The summed E-state index contributed by atoms with van der Waals surface area (Å²) < 4.78 is 34.5. The lowest BCUT2D eigenvalue weighted by Gasteiger charge is -2.48. The van der Waals surface area contributed by atoms with Crippen molar-refractivity contribution in [2.24, 2.45) is 0 Å². The Morgan fingerprint density at radius 3 is 0.935 bits per heavy atom. The van der Waals surface area contributed by atoms with Gasteiger partial charge in [-0.2, -0.15) is 0 Å². The van der Waals surface area contributed by atoms with Crippen LogP contribution in [-0.4, -0.2) is 193 Å². The van der Waals surface area contributed by atoms with Crippen LogP contribution in [0.4, 0.5) is 0 Å². The molecule has 0 aromatic rings. The summed E-state index contributed by atoms with van der Waals surface area (Å²) in [7, 11) is 0. The molecule has 93 heavy (non-hydrogen) atoms. The fourth-order valence-electron chi connectivity index (χ4n) is 13.7. The fourth-order valence-corrected chi connectivity index (χ4v) is 13.7. The third kappa shape index (κ3) is 37.7. The van der Waals surface area contributed by atoms with Gasteiger partial charge in [-0.3, -0.25) is 4.79 Å². The largest absolute Gasteiger partial charge is 0.394 e. The van der Waals surface area contributed by atoms with Gasteiger partial charge in [-0.1, -0.05) is 316 Å². The minimum atomic E-state index is -1.97. The molecule has 3 rings (SSSR count). The molecule has 0 radical (unpaired) electrons. The molecular formula is C74H143NO18. The van der Waals surface area contributed by atoms with Gasteiger partial charge in [-0.05, 0) is 12.8 Å². The summed E-state index contributed by atoms with van der Waals surface area (Å²) in [6.45, 7) is 1.86. The van der Waals surface area contributed by atoms with Gasteiger partial charge in [-0.15, -0.1) is 0 Å². The van der Waals surface area contributed by atoms with E-state index in [0.717, 1.165) is 44.9 Å². The lowest BCUT2D eigenvalue weighted by atomic mass is 9.96. The van der Waals surface area contributed by atoms with Crippen LogP contribution < -0.4 is 5.32 Å². The minimum Gasteiger partial charge on any atom is -0.394 e. The lowest BCUT2D eigenvalue weighted by molar-refractivity contribution is -0.379. The van der Waals surface area contributed by atoms with Gasteiger partial charge in [0.2, 0.25) is 5.91 Å². The second-order valence-corrected chi connectivity index (χ2v) is 28.2. The Morgan fingerprint density at radius 1 is 0.344 bits per heavy atom. The van der Waals surface area contributed by atoms with Crippen molar-refractivity contribution in [3.05, 3.63) is 0 Å². The normalized spacial score (nSPS) is 27.4. The van der Waals surface area contributed by atoms with E-state index in [2.05, 4.69) is 19.2 Å². The lowest BCUT2D eigenvalue weighted by Crippen LogP contribution is -2.66. The number of hydrogen-bond acceptors (Lipinski definition) is 18. The van der Waals surface area contributed by atoms with Crippen LogP contribution in [0.1, 0.15) is 335 Å². The maximum atomic E-state index is 13.5. The molecule has 3 aliphatic heterocycles. The standard InChI is InChI=1S/C74H143NO18/c1-3-5-7-9-11-13-15-17-19-21-23-24-25-26-27-28-29-30-31-32-33-34-36-38-40-42-44-46-48-50-52-62(80)75-57(58(79)51-49-47-45-43-41-39-37-35-22-20-18-16-14-12-10-8-6-4-2)56-88-72-68(86)65(83)70(60(54-77)90-72)93-74-69(87)66(84)71(61(55-78)91-74)92-73-67(85)64(82)63(81)59(53-76)89-73/h57-61,63-74,76-79,81-87H,3-56H2,1-2H3,(H,75,80). The van der Waals surface area contributed by atoms with E-state index in [1.54, 1.807) is 0 Å². The van der Waals surface area contributed by atoms with Crippen molar-refractivity contribution >= 4 is 5.91 Å². The number of carbonyl (C=O) groups excluding carboxylic acids is 1. The van der Waals surface area contributed by atoms with E-state index in [9.17, 15) is 61.0 Å². The molecule has 3 saturated heterocycles. The van der Waals surface area contributed by atoms with Crippen LogP contribution in [0.5, 0.6) is 0 Å². The minimum absolute atomic E-state index is 0.234. The Bertz CT molecular complexity index is 1690. The molecule has 0 saturated carbocycles. The molecule has 0 aromatic carbocycles. The van der Waals surface area contributed by atoms with E-state index in [0.29, 0.717) is 12.8 Å². The summed E-state index contributed by atoms with van der Waals surface area (Å²) in [5.74, 6) is -0.234. The number of rotatable bonds is 62. The average Bonchev–Trinajstić information content (AvgIpc) is 1.04. The maximum Gasteiger partial charge on any atom is 0.220 e. The van der Waals surface area contributed by atoms with Crippen LogP contribution in [0, 0.1) is 0 Å². The van der Waals surface area contributed by atoms with Crippen LogP contribution >= 0.6 is 0 Å². The van der Waals surface area contributed by atoms with Crippen LogP contribution in [0.25, 0.3) is 0 Å².